The zero-order chi connectivity index (χ0) is 12.4. The van der Waals surface area contributed by atoms with Gasteiger partial charge in [-0.2, -0.15) is 0 Å². The summed E-state index contributed by atoms with van der Waals surface area (Å²) in [7, 11) is 0. The van der Waals surface area contributed by atoms with E-state index in [1.807, 2.05) is 6.92 Å². The lowest BCUT2D eigenvalue weighted by Crippen LogP contribution is -2.33. The van der Waals surface area contributed by atoms with Crippen LogP contribution < -0.4 is 0 Å². The molecule has 0 bridgehead atoms. The van der Waals surface area contributed by atoms with Crippen molar-refractivity contribution in [2.24, 2.45) is 5.92 Å². The predicted molar refractivity (Wildman–Crippen MR) is 61.5 cm³/mol. The van der Waals surface area contributed by atoms with Gasteiger partial charge in [-0.1, -0.05) is 24.9 Å². The molecule has 1 fully saturated rings. The number of carbonyl (C=O) groups is 2. The van der Waals surface area contributed by atoms with Crippen molar-refractivity contribution >= 4 is 23.4 Å². The zero-order valence-corrected chi connectivity index (χ0v) is 10.1. The van der Waals surface area contributed by atoms with Crippen molar-refractivity contribution in [2.45, 2.75) is 19.8 Å². The summed E-state index contributed by atoms with van der Waals surface area (Å²) in [5.41, 5.74) is 0.152. The standard InChI is InChI=1S/C11H12ClN3O2/c1-2-7-5-10(16)15(6-7)11(17)8-3-4-9(12)14-13-8/h3-4,7H,2,5-6H2,1H3. The van der Waals surface area contributed by atoms with E-state index in [0.29, 0.717) is 13.0 Å². The molecule has 5 nitrogen and oxygen atoms in total. The second kappa shape index (κ2) is 4.79. The Hall–Kier alpha value is -1.49. The zero-order valence-electron chi connectivity index (χ0n) is 9.39. The number of hydrogen-bond donors (Lipinski definition) is 0. The van der Waals surface area contributed by atoms with Crippen LogP contribution in [0.15, 0.2) is 12.1 Å². The molecule has 90 valence electrons. The van der Waals surface area contributed by atoms with Crippen LogP contribution in [0.25, 0.3) is 0 Å². The summed E-state index contributed by atoms with van der Waals surface area (Å²) in [5, 5.41) is 7.50. The predicted octanol–water partition coefficient (Wildman–Crippen LogP) is 1.53. The van der Waals surface area contributed by atoms with Gasteiger partial charge in [0.2, 0.25) is 5.91 Å². The number of likely N-dealkylation sites (tertiary alicyclic amines) is 1. The van der Waals surface area contributed by atoms with Crippen LogP contribution in [0, 0.1) is 5.92 Å². The maximum atomic E-state index is 12.0. The summed E-state index contributed by atoms with van der Waals surface area (Å²) in [6.07, 6.45) is 1.32. The molecule has 1 aromatic heterocycles. The van der Waals surface area contributed by atoms with Crippen LogP contribution in [0.4, 0.5) is 0 Å². The molecule has 1 saturated heterocycles. The summed E-state index contributed by atoms with van der Waals surface area (Å²) in [4.78, 5) is 24.9. The Morgan fingerprint density at radius 3 is 2.82 bits per heavy atom. The molecule has 1 aliphatic heterocycles. The number of halogens is 1. The average Bonchev–Trinajstić information content (AvgIpc) is 2.71. The third-order valence-corrected chi connectivity index (χ3v) is 3.08. The van der Waals surface area contributed by atoms with Crippen LogP contribution in [0.5, 0.6) is 0 Å². The number of amides is 2. The Kier molecular flexibility index (Phi) is 3.38. The molecule has 6 heteroatoms. The van der Waals surface area contributed by atoms with Gasteiger partial charge in [-0.05, 0) is 18.1 Å². The Bertz CT molecular complexity index is 447. The fourth-order valence-corrected chi connectivity index (χ4v) is 1.92. The van der Waals surface area contributed by atoms with Gasteiger partial charge >= 0.3 is 0 Å². The van der Waals surface area contributed by atoms with Crippen molar-refractivity contribution in [1.82, 2.24) is 15.1 Å². The van der Waals surface area contributed by atoms with E-state index < -0.39 is 5.91 Å². The third kappa shape index (κ3) is 2.44. The fraction of sp³-hybridized carbons (Fsp3) is 0.455. The van der Waals surface area contributed by atoms with Crippen LogP contribution in [-0.2, 0) is 4.79 Å². The molecule has 17 heavy (non-hydrogen) atoms. The lowest BCUT2D eigenvalue weighted by Gasteiger charge is -2.13. The summed E-state index contributed by atoms with van der Waals surface area (Å²) in [6, 6.07) is 2.96. The van der Waals surface area contributed by atoms with E-state index in [2.05, 4.69) is 10.2 Å². The molecule has 0 radical (unpaired) electrons. The number of imide groups is 1. The first kappa shape index (κ1) is 12.0. The number of aromatic nitrogens is 2. The molecule has 2 rings (SSSR count). The average molecular weight is 254 g/mol. The normalized spacial score (nSPS) is 19.8. The fourth-order valence-electron chi connectivity index (χ4n) is 1.82. The molecule has 0 N–H and O–H groups in total. The molecule has 1 aliphatic rings. The largest absolute Gasteiger partial charge is 0.280 e. The van der Waals surface area contributed by atoms with Crippen LogP contribution in [0.1, 0.15) is 30.3 Å². The highest BCUT2D eigenvalue weighted by atomic mass is 35.5. The van der Waals surface area contributed by atoms with Gasteiger partial charge in [0.1, 0.15) is 0 Å². The van der Waals surface area contributed by atoms with Crippen LogP contribution in [-0.4, -0.2) is 33.5 Å². The Morgan fingerprint density at radius 1 is 1.53 bits per heavy atom. The van der Waals surface area contributed by atoms with Crippen molar-refractivity contribution < 1.29 is 9.59 Å². The van der Waals surface area contributed by atoms with Gasteiger partial charge in [0.25, 0.3) is 5.91 Å². The maximum Gasteiger partial charge on any atom is 0.280 e. The van der Waals surface area contributed by atoms with Gasteiger partial charge in [0.15, 0.2) is 10.8 Å². The Morgan fingerprint density at radius 2 is 2.29 bits per heavy atom. The third-order valence-electron chi connectivity index (χ3n) is 2.88. The van der Waals surface area contributed by atoms with E-state index >= 15 is 0 Å². The highest BCUT2D eigenvalue weighted by molar-refractivity contribution is 6.29. The molecule has 0 saturated carbocycles. The molecule has 1 aromatic rings. The van der Waals surface area contributed by atoms with E-state index in [1.165, 1.54) is 17.0 Å². The van der Waals surface area contributed by atoms with Crippen molar-refractivity contribution in [3.05, 3.63) is 23.0 Å². The summed E-state index contributed by atoms with van der Waals surface area (Å²) >= 11 is 5.58. The molecule has 1 atom stereocenters. The van der Waals surface area contributed by atoms with Gasteiger partial charge < -0.3 is 0 Å². The quantitative estimate of drug-likeness (QED) is 0.750. The highest BCUT2D eigenvalue weighted by Gasteiger charge is 2.33. The van der Waals surface area contributed by atoms with Crippen molar-refractivity contribution in [1.29, 1.82) is 0 Å². The lowest BCUT2D eigenvalue weighted by molar-refractivity contribution is -0.125. The SMILES string of the molecule is CCC1CC(=O)N(C(=O)c2ccc(Cl)nn2)C1. The van der Waals surface area contributed by atoms with E-state index in [-0.39, 0.29) is 22.7 Å². The van der Waals surface area contributed by atoms with Gasteiger partial charge in [-0.25, -0.2) is 0 Å². The van der Waals surface area contributed by atoms with Gasteiger partial charge in [0.05, 0.1) is 0 Å². The first-order valence-corrected chi connectivity index (χ1v) is 5.83. The number of hydrogen-bond acceptors (Lipinski definition) is 4. The summed E-state index contributed by atoms with van der Waals surface area (Å²) in [6.45, 7) is 2.48. The highest BCUT2D eigenvalue weighted by Crippen LogP contribution is 2.21. The second-order valence-electron chi connectivity index (χ2n) is 4.03. The first-order valence-electron chi connectivity index (χ1n) is 5.45. The number of carbonyl (C=O) groups excluding carboxylic acids is 2. The Balaban J connectivity index is 2.15. The second-order valence-corrected chi connectivity index (χ2v) is 4.42. The van der Waals surface area contributed by atoms with E-state index in [1.54, 1.807) is 0 Å². The molecule has 0 aliphatic carbocycles. The minimum Gasteiger partial charge on any atom is -0.277 e. The van der Waals surface area contributed by atoms with Crippen molar-refractivity contribution in [3.8, 4) is 0 Å². The topological polar surface area (TPSA) is 63.2 Å². The van der Waals surface area contributed by atoms with Crippen LogP contribution in [0.3, 0.4) is 0 Å². The molecule has 1 unspecified atom stereocenters. The first-order chi connectivity index (χ1) is 8.11. The van der Waals surface area contributed by atoms with Crippen molar-refractivity contribution in [2.75, 3.05) is 6.54 Å². The molecule has 0 aromatic carbocycles. The van der Waals surface area contributed by atoms with Gasteiger partial charge in [-0.3, -0.25) is 14.5 Å². The number of rotatable bonds is 2. The van der Waals surface area contributed by atoms with Gasteiger partial charge in [-0.15, -0.1) is 10.2 Å². The summed E-state index contributed by atoms with van der Waals surface area (Å²) in [5.74, 6) is -0.277. The van der Waals surface area contributed by atoms with Crippen LogP contribution >= 0.6 is 11.6 Å². The van der Waals surface area contributed by atoms with E-state index in [4.69, 9.17) is 11.6 Å². The molecular weight excluding hydrogens is 242 g/mol. The minimum absolute atomic E-state index is 0.140. The van der Waals surface area contributed by atoms with E-state index in [9.17, 15) is 9.59 Å². The smallest absolute Gasteiger partial charge is 0.277 e. The van der Waals surface area contributed by atoms with E-state index in [0.717, 1.165) is 6.42 Å². The lowest BCUT2D eigenvalue weighted by atomic mass is 10.1. The minimum atomic E-state index is -0.393. The van der Waals surface area contributed by atoms with Crippen LogP contribution in [0.2, 0.25) is 5.15 Å². The Labute approximate surface area is 104 Å². The molecule has 2 heterocycles. The molecular formula is C11H12ClN3O2. The van der Waals surface area contributed by atoms with Gasteiger partial charge in [0, 0.05) is 13.0 Å². The van der Waals surface area contributed by atoms with Crippen molar-refractivity contribution in [3.63, 3.8) is 0 Å². The monoisotopic (exact) mass is 253 g/mol. The summed E-state index contributed by atoms with van der Waals surface area (Å²) < 4.78 is 0. The molecule has 0 spiro atoms. The maximum absolute atomic E-state index is 12.0. The number of nitrogens with zero attached hydrogens (tertiary/aromatic N) is 3. The molecule has 2 amide bonds.